The molecular weight excluding hydrogens is 576 g/mol. The molecule has 0 aromatic carbocycles. The van der Waals surface area contributed by atoms with E-state index in [1.165, 1.54) is 0 Å². The van der Waals surface area contributed by atoms with E-state index in [0.717, 1.165) is 0 Å². The van der Waals surface area contributed by atoms with Gasteiger partial charge in [0.05, 0.1) is 27.7 Å². The number of quaternary nitrogens is 1. The van der Waals surface area contributed by atoms with Gasteiger partial charge in [-0.1, -0.05) is 0 Å². The van der Waals surface area contributed by atoms with Gasteiger partial charge in [0.15, 0.2) is 0 Å². The average Bonchev–Trinajstić information content (AvgIpc) is 2.43. The molecule has 178 valence electrons. The van der Waals surface area contributed by atoms with E-state index in [-0.39, 0.29) is 29.7 Å². The van der Waals surface area contributed by atoms with Gasteiger partial charge in [-0.15, -0.1) is 0 Å². The zero-order chi connectivity index (χ0) is 23.0. The molecule has 0 fully saturated rings. The highest BCUT2D eigenvalue weighted by atomic mass is 127. The summed E-state index contributed by atoms with van der Waals surface area (Å²) in [7, 11) is 5.02. The van der Waals surface area contributed by atoms with Crippen LogP contribution >= 0.6 is 11.8 Å². The van der Waals surface area contributed by atoms with Crippen molar-refractivity contribution in [2.45, 2.75) is 42.2 Å². The Kier molecular flexibility index (Phi) is 10.1. The molecule has 0 aliphatic rings. The summed E-state index contributed by atoms with van der Waals surface area (Å²) < 4.78 is 168. The lowest BCUT2D eigenvalue weighted by molar-refractivity contribution is -0.867. The zero-order valence-electron chi connectivity index (χ0n) is 15.0. The van der Waals surface area contributed by atoms with Gasteiger partial charge in [0, 0.05) is 12.2 Å². The minimum atomic E-state index is -7.83. The molecule has 0 bridgehead atoms. The first-order chi connectivity index (χ1) is 12.0. The van der Waals surface area contributed by atoms with Gasteiger partial charge in [-0.05, 0) is 5.75 Å². The third kappa shape index (κ3) is 6.32. The summed E-state index contributed by atoms with van der Waals surface area (Å²) in [6.07, 6.45) is -9.53. The number of hydrogen-bond donors (Lipinski definition) is 0. The first-order valence-corrected chi connectivity index (χ1v) is 8.45. The second kappa shape index (κ2) is 9.32. The van der Waals surface area contributed by atoms with Gasteiger partial charge in [-0.2, -0.15) is 68.8 Å². The maximum atomic E-state index is 13.5. The third-order valence-electron chi connectivity index (χ3n) is 3.47. The maximum absolute atomic E-state index is 13.5. The smallest absolute Gasteiger partial charge is 0.460 e. The van der Waals surface area contributed by atoms with Crippen LogP contribution in [0.1, 0.15) is 6.42 Å². The van der Waals surface area contributed by atoms with Crippen molar-refractivity contribution in [3.05, 3.63) is 0 Å². The second-order valence-electron chi connectivity index (χ2n) is 6.88. The number of rotatable bonds is 10. The molecule has 0 amide bonds. The van der Waals surface area contributed by atoms with Crippen LogP contribution in [0.15, 0.2) is 0 Å². The summed E-state index contributed by atoms with van der Waals surface area (Å²) in [4.78, 5) is 0. The van der Waals surface area contributed by atoms with E-state index in [4.69, 9.17) is 0 Å². The number of halogens is 14. The summed E-state index contributed by atoms with van der Waals surface area (Å²) in [5.41, 5.74) is 0. The summed E-state index contributed by atoms with van der Waals surface area (Å²) >= 11 is 0.562. The molecule has 0 unspecified atom stereocenters. The molecule has 0 spiro atoms. The Morgan fingerprint density at radius 3 is 1.31 bits per heavy atom. The van der Waals surface area contributed by atoms with Gasteiger partial charge >= 0.3 is 35.8 Å². The fraction of sp³-hybridized carbons (Fsp3) is 1.00. The molecular formula is C13H17F13INS. The first kappa shape index (κ1) is 31.3. The second-order valence-corrected chi connectivity index (χ2v) is 8.10. The van der Waals surface area contributed by atoms with E-state index >= 15 is 0 Å². The standard InChI is InChI=1S/C13H17F13NS.HI/c1-27(2,3)5-7-28-6-4-8(14,15)9(16,17)10(18,19)11(20,21)12(22,23)13(24,25)26;/h4-7H2,1-3H3;1H/q+1;/p-1. The van der Waals surface area contributed by atoms with E-state index in [1.54, 1.807) is 21.1 Å². The molecule has 0 saturated heterocycles. The van der Waals surface area contributed by atoms with Crippen LogP contribution < -0.4 is 24.0 Å². The number of thioether (sulfide) groups is 1. The van der Waals surface area contributed by atoms with E-state index in [1.807, 2.05) is 0 Å². The summed E-state index contributed by atoms with van der Waals surface area (Å²) in [6, 6.07) is 0. The maximum Gasteiger partial charge on any atom is 0.460 e. The molecule has 0 saturated carbocycles. The van der Waals surface area contributed by atoms with Crippen LogP contribution in [0.25, 0.3) is 0 Å². The van der Waals surface area contributed by atoms with Crippen molar-refractivity contribution in [2.75, 3.05) is 39.2 Å². The summed E-state index contributed by atoms with van der Waals surface area (Å²) in [6.45, 7) is 0.318. The first-order valence-electron chi connectivity index (χ1n) is 7.30. The highest BCUT2D eigenvalue weighted by Gasteiger charge is 2.90. The predicted octanol–water partition coefficient (Wildman–Crippen LogP) is 2.56. The Bertz CT molecular complexity index is 528. The largest absolute Gasteiger partial charge is 1.00 e. The van der Waals surface area contributed by atoms with Crippen molar-refractivity contribution in [2.24, 2.45) is 0 Å². The number of nitrogens with zero attached hydrogens (tertiary/aromatic N) is 1. The van der Waals surface area contributed by atoms with Gasteiger partial charge in [0.2, 0.25) is 0 Å². The van der Waals surface area contributed by atoms with Gasteiger partial charge in [0.25, 0.3) is 0 Å². The van der Waals surface area contributed by atoms with Gasteiger partial charge in [-0.25, -0.2) is 0 Å². The number of alkyl halides is 13. The van der Waals surface area contributed by atoms with Crippen molar-refractivity contribution in [1.82, 2.24) is 0 Å². The van der Waals surface area contributed by atoms with Gasteiger partial charge in [-0.3, -0.25) is 0 Å². The molecule has 0 aromatic heterocycles. The van der Waals surface area contributed by atoms with Crippen LogP contribution in [0.2, 0.25) is 0 Å². The minimum Gasteiger partial charge on any atom is -1.00 e. The Morgan fingerprint density at radius 2 is 0.966 bits per heavy atom. The van der Waals surface area contributed by atoms with Crippen LogP contribution in [-0.2, 0) is 0 Å². The average molecular weight is 593 g/mol. The predicted molar refractivity (Wildman–Crippen MR) is 75.6 cm³/mol. The molecule has 0 heterocycles. The highest BCUT2D eigenvalue weighted by molar-refractivity contribution is 7.99. The molecule has 0 rings (SSSR count). The monoisotopic (exact) mass is 593 g/mol. The van der Waals surface area contributed by atoms with Crippen LogP contribution in [0.4, 0.5) is 57.1 Å². The molecule has 16 heteroatoms. The van der Waals surface area contributed by atoms with Crippen molar-refractivity contribution < 1.29 is 85.5 Å². The van der Waals surface area contributed by atoms with Crippen LogP contribution in [0.5, 0.6) is 0 Å². The highest BCUT2D eigenvalue weighted by Crippen LogP contribution is 2.60. The molecule has 29 heavy (non-hydrogen) atoms. The van der Waals surface area contributed by atoms with Crippen molar-refractivity contribution in [3.63, 3.8) is 0 Å². The molecule has 1 nitrogen and oxygen atoms in total. The topological polar surface area (TPSA) is 0 Å². The van der Waals surface area contributed by atoms with E-state index < -0.39 is 48.0 Å². The fourth-order valence-corrected chi connectivity index (χ4v) is 2.88. The van der Waals surface area contributed by atoms with Crippen molar-refractivity contribution >= 4 is 11.8 Å². The molecule has 0 aliphatic carbocycles. The quantitative estimate of drug-likeness (QED) is 0.163. The van der Waals surface area contributed by atoms with Crippen LogP contribution in [0.3, 0.4) is 0 Å². The van der Waals surface area contributed by atoms with Crippen LogP contribution in [0, 0.1) is 0 Å². The van der Waals surface area contributed by atoms with Crippen molar-refractivity contribution in [1.29, 1.82) is 0 Å². The molecule has 0 atom stereocenters. The zero-order valence-corrected chi connectivity index (χ0v) is 17.9. The summed E-state index contributed by atoms with van der Waals surface area (Å²) in [5, 5.41) is 0. The SMILES string of the molecule is C[N+](C)(C)CCSCCC(F)(F)C(F)(F)C(F)(F)C(F)(F)C(F)(F)C(F)(F)F.[I-]. The molecule has 0 radical (unpaired) electrons. The number of hydrogen-bond acceptors (Lipinski definition) is 1. The lowest BCUT2D eigenvalue weighted by Gasteiger charge is -2.39. The van der Waals surface area contributed by atoms with Crippen LogP contribution in [-0.4, -0.2) is 79.5 Å². The van der Waals surface area contributed by atoms with E-state index in [0.29, 0.717) is 22.8 Å². The van der Waals surface area contributed by atoms with E-state index in [9.17, 15) is 57.1 Å². The Morgan fingerprint density at radius 1 is 0.586 bits per heavy atom. The summed E-state index contributed by atoms with van der Waals surface area (Å²) in [5.74, 6) is -37.3. The lowest BCUT2D eigenvalue weighted by Crippen LogP contribution is -3.00. The van der Waals surface area contributed by atoms with Gasteiger partial charge < -0.3 is 28.5 Å². The minimum absolute atomic E-state index is 0. The van der Waals surface area contributed by atoms with E-state index in [2.05, 4.69) is 0 Å². The fourth-order valence-electron chi connectivity index (χ4n) is 1.60. The normalized spacial score (nSPS) is 15.3. The van der Waals surface area contributed by atoms with Crippen molar-refractivity contribution in [3.8, 4) is 0 Å². The molecule has 0 N–H and O–H groups in total. The molecule has 0 aromatic rings. The Labute approximate surface area is 179 Å². The third-order valence-corrected chi connectivity index (χ3v) is 4.43. The lowest BCUT2D eigenvalue weighted by atomic mass is 9.93. The molecule has 0 aliphatic heterocycles. The Hall–Kier alpha value is 0.130. The van der Waals surface area contributed by atoms with Gasteiger partial charge in [0.1, 0.15) is 0 Å². The Balaban J connectivity index is 0.